The maximum atomic E-state index is 6.03. The summed E-state index contributed by atoms with van der Waals surface area (Å²) < 4.78 is 11.0. The van der Waals surface area contributed by atoms with Crippen molar-refractivity contribution in [3.8, 4) is 5.75 Å². The summed E-state index contributed by atoms with van der Waals surface area (Å²) in [4.78, 5) is 8.14. The van der Waals surface area contributed by atoms with Gasteiger partial charge in [0.1, 0.15) is 17.8 Å². The number of fused-ring (bicyclic) bond motifs is 1. The molecule has 0 aliphatic carbocycles. The summed E-state index contributed by atoms with van der Waals surface area (Å²) in [7, 11) is 1.68. The van der Waals surface area contributed by atoms with Crippen molar-refractivity contribution in [3.63, 3.8) is 0 Å². The highest BCUT2D eigenvalue weighted by Gasteiger charge is 2.14. The number of benzene rings is 1. The minimum atomic E-state index is 0.103. The van der Waals surface area contributed by atoms with E-state index in [4.69, 9.17) is 20.6 Å². The van der Waals surface area contributed by atoms with E-state index in [-0.39, 0.29) is 5.95 Å². The van der Waals surface area contributed by atoms with Crippen LogP contribution in [0.2, 0.25) is 0 Å². The molecule has 0 atom stereocenters. The molecule has 0 aliphatic rings. The molecule has 0 unspecified atom stereocenters. The number of methoxy groups -OCH3 is 1. The van der Waals surface area contributed by atoms with Crippen molar-refractivity contribution < 1.29 is 9.15 Å². The molecule has 3 rings (SSSR count). The number of aromatic nitrogens is 2. The molecular formula is C19H22N4O2. The van der Waals surface area contributed by atoms with Crippen molar-refractivity contribution in [2.75, 3.05) is 18.6 Å². The number of anilines is 2. The van der Waals surface area contributed by atoms with E-state index in [9.17, 15) is 0 Å². The number of furan rings is 1. The highest BCUT2D eigenvalue weighted by Crippen LogP contribution is 2.34. The Morgan fingerprint density at radius 3 is 2.80 bits per heavy atom. The van der Waals surface area contributed by atoms with E-state index in [1.54, 1.807) is 13.4 Å². The van der Waals surface area contributed by atoms with Crippen LogP contribution < -0.4 is 16.2 Å². The highest BCUT2D eigenvalue weighted by molar-refractivity contribution is 5.98. The van der Waals surface area contributed by atoms with Gasteiger partial charge in [0, 0.05) is 11.1 Å². The second-order valence-electron chi connectivity index (χ2n) is 5.81. The van der Waals surface area contributed by atoms with Crippen LogP contribution in [0.5, 0.6) is 5.75 Å². The van der Waals surface area contributed by atoms with Crippen LogP contribution in [0.1, 0.15) is 37.3 Å². The molecule has 0 radical (unpaired) electrons. The van der Waals surface area contributed by atoms with Gasteiger partial charge in [-0.3, -0.25) is 0 Å². The van der Waals surface area contributed by atoms with Gasteiger partial charge < -0.3 is 20.6 Å². The molecule has 25 heavy (non-hydrogen) atoms. The van der Waals surface area contributed by atoms with Crippen LogP contribution in [0.15, 0.2) is 34.9 Å². The van der Waals surface area contributed by atoms with Crippen LogP contribution in [0.3, 0.4) is 0 Å². The number of rotatable bonds is 6. The molecule has 4 N–H and O–H groups in total. The predicted octanol–water partition coefficient (Wildman–Crippen LogP) is 4.13. The fraction of sp³-hybridized carbons (Fsp3) is 0.263. The summed E-state index contributed by atoms with van der Waals surface area (Å²) in [6.07, 6.45) is 6.78. The zero-order valence-electron chi connectivity index (χ0n) is 14.5. The lowest BCUT2D eigenvalue weighted by molar-refractivity contribution is 0.413. The first-order chi connectivity index (χ1) is 12.1. The number of hydrogen-bond donors (Lipinski definition) is 2. The number of ether oxygens (including phenoxy) is 1. The van der Waals surface area contributed by atoms with Gasteiger partial charge in [-0.15, -0.1) is 0 Å². The Morgan fingerprint density at radius 1 is 1.24 bits per heavy atom. The third-order valence-corrected chi connectivity index (χ3v) is 4.09. The largest absolute Gasteiger partial charge is 0.496 e. The van der Waals surface area contributed by atoms with Crippen molar-refractivity contribution in [1.82, 2.24) is 9.97 Å². The van der Waals surface area contributed by atoms with Gasteiger partial charge in [-0.1, -0.05) is 31.5 Å². The first-order valence-electron chi connectivity index (χ1n) is 8.28. The van der Waals surface area contributed by atoms with E-state index in [0.717, 1.165) is 41.7 Å². The second-order valence-corrected chi connectivity index (χ2v) is 5.81. The number of nitrogens with two attached hydrogens (primary N) is 2. The molecule has 2 aromatic heterocycles. The Kier molecular flexibility index (Phi) is 4.88. The Morgan fingerprint density at radius 2 is 2.04 bits per heavy atom. The maximum Gasteiger partial charge on any atom is 0.233 e. The average Bonchev–Trinajstić information content (AvgIpc) is 3.01. The van der Waals surface area contributed by atoms with Gasteiger partial charge >= 0.3 is 0 Å². The molecule has 2 heterocycles. The van der Waals surface area contributed by atoms with Crippen LogP contribution in [-0.4, -0.2) is 17.1 Å². The van der Waals surface area contributed by atoms with E-state index in [2.05, 4.69) is 29.0 Å². The molecule has 6 nitrogen and oxygen atoms in total. The van der Waals surface area contributed by atoms with Crippen LogP contribution in [0.4, 0.5) is 11.8 Å². The fourth-order valence-corrected chi connectivity index (χ4v) is 2.86. The lowest BCUT2D eigenvalue weighted by Gasteiger charge is -2.12. The normalized spacial score (nSPS) is 11.8. The van der Waals surface area contributed by atoms with Crippen molar-refractivity contribution in [2.24, 2.45) is 0 Å². The zero-order chi connectivity index (χ0) is 17.8. The molecule has 0 fully saturated rings. The maximum absolute atomic E-state index is 6.03. The van der Waals surface area contributed by atoms with Crippen LogP contribution in [-0.2, 0) is 0 Å². The molecule has 0 saturated heterocycles. The number of nitrogen functional groups attached to an aromatic ring is 2. The number of nitrogens with zero attached hydrogens (tertiary/aromatic N) is 2. The summed E-state index contributed by atoms with van der Waals surface area (Å²) in [5.41, 5.74) is 15.1. The van der Waals surface area contributed by atoms with Crippen molar-refractivity contribution in [1.29, 1.82) is 0 Å². The third kappa shape index (κ3) is 3.42. The van der Waals surface area contributed by atoms with Gasteiger partial charge in [0.15, 0.2) is 0 Å². The summed E-state index contributed by atoms with van der Waals surface area (Å²) in [5.74, 6) is 1.26. The lowest BCUT2D eigenvalue weighted by atomic mass is 9.97. The Balaban J connectivity index is 2.14. The smallest absolute Gasteiger partial charge is 0.233 e. The summed E-state index contributed by atoms with van der Waals surface area (Å²) in [6, 6.07) is 7.98. The topological polar surface area (TPSA) is 100 Å². The quantitative estimate of drug-likeness (QED) is 0.701. The van der Waals surface area contributed by atoms with Crippen molar-refractivity contribution in [2.45, 2.75) is 26.2 Å². The van der Waals surface area contributed by atoms with Crippen molar-refractivity contribution >= 4 is 34.5 Å². The standard InChI is InChI=1S/C19H22N4O2/c1-3-4-7-12(14-8-5-6-9-15(14)24-2)10-13-11-25-18-16(13)17(20)22-19(21)23-18/h5-6,8-11H,3-4,7H2,1-2H3,(H4,20,21,22,23)/b12-10-. The molecule has 0 amide bonds. The number of unbranched alkanes of at least 4 members (excludes halogenated alkanes) is 1. The Hall–Kier alpha value is -3.02. The third-order valence-electron chi connectivity index (χ3n) is 4.09. The molecule has 0 spiro atoms. The SMILES string of the molecule is CCCC/C(=C/c1coc2nc(N)nc(N)c12)c1ccccc1OC. The van der Waals surface area contributed by atoms with Gasteiger partial charge in [-0.05, 0) is 30.6 Å². The predicted molar refractivity (Wildman–Crippen MR) is 101 cm³/mol. The van der Waals surface area contributed by atoms with E-state index in [1.165, 1.54) is 0 Å². The van der Waals surface area contributed by atoms with E-state index in [0.29, 0.717) is 16.9 Å². The van der Waals surface area contributed by atoms with Crippen molar-refractivity contribution in [3.05, 3.63) is 41.7 Å². The monoisotopic (exact) mass is 338 g/mol. The summed E-state index contributed by atoms with van der Waals surface area (Å²) in [5, 5.41) is 0.679. The van der Waals surface area contributed by atoms with E-state index >= 15 is 0 Å². The number of hydrogen-bond acceptors (Lipinski definition) is 6. The number of para-hydroxylation sites is 1. The fourth-order valence-electron chi connectivity index (χ4n) is 2.86. The minimum absolute atomic E-state index is 0.103. The van der Waals surface area contributed by atoms with Crippen LogP contribution in [0, 0.1) is 0 Å². The molecule has 130 valence electrons. The molecule has 0 aliphatic heterocycles. The first kappa shape index (κ1) is 16.8. The van der Waals surface area contributed by atoms with Crippen LogP contribution in [0.25, 0.3) is 22.7 Å². The summed E-state index contributed by atoms with van der Waals surface area (Å²) >= 11 is 0. The van der Waals surface area contributed by atoms with Gasteiger partial charge in [0.05, 0.1) is 12.5 Å². The van der Waals surface area contributed by atoms with E-state index < -0.39 is 0 Å². The van der Waals surface area contributed by atoms with Gasteiger partial charge in [-0.25, -0.2) is 0 Å². The van der Waals surface area contributed by atoms with Crippen LogP contribution >= 0.6 is 0 Å². The van der Waals surface area contributed by atoms with Gasteiger partial charge in [0.2, 0.25) is 11.7 Å². The Bertz CT molecular complexity index is 915. The second kappa shape index (κ2) is 7.25. The van der Waals surface area contributed by atoms with Gasteiger partial charge in [-0.2, -0.15) is 9.97 Å². The minimum Gasteiger partial charge on any atom is -0.496 e. The molecule has 0 bridgehead atoms. The molecule has 1 aromatic carbocycles. The first-order valence-corrected chi connectivity index (χ1v) is 8.28. The highest BCUT2D eigenvalue weighted by atomic mass is 16.5. The van der Waals surface area contributed by atoms with Gasteiger partial charge in [0.25, 0.3) is 0 Å². The lowest BCUT2D eigenvalue weighted by Crippen LogP contribution is -1.99. The zero-order valence-corrected chi connectivity index (χ0v) is 14.5. The van der Waals surface area contributed by atoms with E-state index in [1.807, 2.05) is 18.2 Å². The average molecular weight is 338 g/mol. The molecular weight excluding hydrogens is 316 g/mol. The molecule has 6 heteroatoms. The Labute approximate surface area is 146 Å². The molecule has 3 aromatic rings. The molecule has 0 saturated carbocycles. The summed E-state index contributed by atoms with van der Waals surface area (Å²) in [6.45, 7) is 2.17. The number of allylic oxidation sites excluding steroid dienone is 1.